The maximum Gasteiger partial charge on any atom is 0.123 e. The molecule has 0 heterocycles. The van der Waals surface area contributed by atoms with Crippen LogP contribution in [0.15, 0.2) is 30.3 Å². The molecule has 4 heteroatoms. The van der Waals surface area contributed by atoms with Gasteiger partial charge >= 0.3 is 0 Å². The van der Waals surface area contributed by atoms with Crippen LogP contribution in [-0.4, -0.2) is 19.3 Å². The van der Waals surface area contributed by atoms with Crippen molar-refractivity contribution >= 4 is 0 Å². The average molecular weight is 290 g/mol. The van der Waals surface area contributed by atoms with Gasteiger partial charge in [0.15, 0.2) is 0 Å². The van der Waals surface area contributed by atoms with E-state index in [1.54, 1.807) is 46.3 Å². The molecule has 0 saturated carbocycles. The molecule has 0 aliphatic carbocycles. The molecule has 0 aliphatic heterocycles. The highest BCUT2D eigenvalue weighted by molar-refractivity contribution is 5.46. The van der Waals surface area contributed by atoms with Crippen molar-refractivity contribution in [2.24, 2.45) is 0 Å². The fraction of sp³-hybridized carbons (Fsp3) is 0.294. The first-order valence-corrected chi connectivity index (χ1v) is 6.64. The molecule has 1 unspecified atom stereocenters. The second kappa shape index (κ2) is 6.14. The van der Waals surface area contributed by atoms with E-state index in [-0.39, 0.29) is 5.82 Å². The zero-order valence-corrected chi connectivity index (χ0v) is 12.6. The molecule has 0 bridgehead atoms. The van der Waals surface area contributed by atoms with E-state index in [4.69, 9.17) is 9.47 Å². The van der Waals surface area contributed by atoms with E-state index in [1.165, 1.54) is 12.1 Å². The van der Waals surface area contributed by atoms with Gasteiger partial charge in [0.25, 0.3) is 0 Å². The normalized spacial score (nSPS) is 12.1. The molecule has 2 aromatic carbocycles. The summed E-state index contributed by atoms with van der Waals surface area (Å²) < 4.78 is 23.8. The monoisotopic (exact) mass is 290 g/mol. The van der Waals surface area contributed by atoms with Gasteiger partial charge in [0, 0.05) is 6.07 Å². The lowest BCUT2D eigenvalue weighted by Crippen LogP contribution is -2.06. The van der Waals surface area contributed by atoms with Crippen molar-refractivity contribution < 1.29 is 19.0 Å². The van der Waals surface area contributed by atoms with Crippen molar-refractivity contribution in [2.45, 2.75) is 20.0 Å². The van der Waals surface area contributed by atoms with E-state index in [2.05, 4.69) is 0 Å². The lowest BCUT2D eigenvalue weighted by molar-refractivity contribution is 0.217. The minimum absolute atomic E-state index is 0.302. The second-order valence-corrected chi connectivity index (χ2v) is 5.00. The fourth-order valence-corrected chi connectivity index (χ4v) is 2.51. The number of aryl methyl sites for hydroxylation is 2. The van der Waals surface area contributed by atoms with E-state index in [1.807, 2.05) is 0 Å². The SMILES string of the molecule is COc1cc(OC)cc(C(O)c2c(C)cc(F)cc2C)c1. The maximum atomic E-state index is 13.4. The lowest BCUT2D eigenvalue weighted by Gasteiger charge is -2.18. The molecule has 112 valence electrons. The van der Waals surface area contributed by atoms with Crippen molar-refractivity contribution in [3.63, 3.8) is 0 Å². The van der Waals surface area contributed by atoms with Crippen molar-refractivity contribution in [2.75, 3.05) is 14.2 Å². The molecule has 0 spiro atoms. The molecule has 1 N–H and O–H groups in total. The predicted octanol–water partition coefficient (Wildman–Crippen LogP) is 3.54. The van der Waals surface area contributed by atoms with E-state index in [9.17, 15) is 9.50 Å². The molecule has 0 saturated heterocycles. The van der Waals surface area contributed by atoms with E-state index in [0.29, 0.717) is 33.8 Å². The zero-order chi connectivity index (χ0) is 15.6. The number of benzene rings is 2. The van der Waals surface area contributed by atoms with Crippen LogP contribution in [0.3, 0.4) is 0 Å². The number of rotatable bonds is 4. The molecule has 0 aliphatic rings. The number of aliphatic hydroxyl groups excluding tert-OH is 1. The molecular formula is C17H19FO3. The Labute approximate surface area is 124 Å². The number of halogens is 1. The highest BCUT2D eigenvalue weighted by Crippen LogP contribution is 2.33. The van der Waals surface area contributed by atoms with Gasteiger partial charge in [0.1, 0.15) is 23.4 Å². The molecule has 3 nitrogen and oxygen atoms in total. The Morgan fingerprint density at radius 1 is 0.905 bits per heavy atom. The summed E-state index contributed by atoms with van der Waals surface area (Å²) >= 11 is 0. The highest BCUT2D eigenvalue weighted by atomic mass is 19.1. The predicted molar refractivity (Wildman–Crippen MR) is 79.5 cm³/mol. The maximum absolute atomic E-state index is 13.4. The van der Waals surface area contributed by atoms with Gasteiger partial charge < -0.3 is 14.6 Å². The van der Waals surface area contributed by atoms with Gasteiger partial charge in [-0.1, -0.05) is 0 Å². The molecule has 2 rings (SSSR count). The summed E-state index contributed by atoms with van der Waals surface area (Å²) in [6.45, 7) is 3.57. The van der Waals surface area contributed by atoms with Crippen molar-refractivity contribution in [3.05, 3.63) is 58.4 Å². The van der Waals surface area contributed by atoms with Crippen molar-refractivity contribution in [3.8, 4) is 11.5 Å². The van der Waals surface area contributed by atoms with Crippen molar-refractivity contribution in [1.29, 1.82) is 0 Å². The van der Waals surface area contributed by atoms with Gasteiger partial charge in [0.05, 0.1) is 14.2 Å². The minimum Gasteiger partial charge on any atom is -0.497 e. The Morgan fingerprint density at radius 2 is 1.38 bits per heavy atom. The van der Waals surface area contributed by atoms with Crippen LogP contribution in [-0.2, 0) is 0 Å². The van der Waals surface area contributed by atoms with Crippen LogP contribution in [0.5, 0.6) is 11.5 Å². The standard InChI is InChI=1S/C17H19FO3/c1-10-5-13(18)6-11(2)16(10)17(19)12-7-14(20-3)9-15(8-12)21-4/h5-9,17,19H,1-4H3. The summed E-state index contributed by atoms with van der Waals surface area (Å²) in [5, 5.41) is 10.7. The van der Waals surface area contributed by atoms with Gasteiger partial charge in [-0.05, 0) is 60.4 Å². The van der Waals surface area contributed by atoms with Gasteiger partial charge in [0.2, 0.25) is 0 Å². The largest absolute Gasteiger partial charge is 0.497 e. The van der Waals surface area contributed by atoms with Gasteiger partial charge in [-0.2, -0.15) is 0 Å². The Morgan fingerprint density at radius 3 is 1.81 bits per heavy atom. The smallest absolute Gasteiger partial charge is 0.123 e. The summed E-state index contributed by atoms with van der Waals surface area (Å²) in [4.78, 5) is 0. The summed E-state index contributed by atoms with van der Waals surface area (Å²) in [7, 11) is 3.11. The van der Waals surface area contributed by atoms with Crippen LogP contribution >= 0.6 is 0 Å². The molecule has 0 amide bonds. The van der Waals surface area contributed by atoms with E-state index >= 15 is 0 Å². The first kappa shape index (κ1) is 15.3. The summed E-state index contributed by atoms with van der Waals surface area (Å²) in [5.41, 5.74) is 2.76. The van der Waals surface area contributed by atoms with Crippen LogP contribution < -0.4 is 9.47 Å². The summed E-state index contributed by atoms with van der Waals surface area (Å²) in [5.74, 6) is 0.894. The Bertz CT molecular complexity index is 607. The lowest BCUT2D eigenvalue weighted by atomic mass is 9.93. The van der Waals surface area contributed by atoms with E-state index < -0.39 is 6.10 Å². The Kier molecular flexibility index (Phi) is 4.48. The van der Waals surface area contributed by atoms with Crippen LogP contribution in [0, 0.1) is 19.7 Å². The first-order valence-electron chi connectivity index (χ1n) is 6.64. The first-order chi connectivity index (χ1) is 9.96. The highest BCUT2D eigenvalue weighted by Gasteiger charge is 2.18. The quantitative estimate of drug-likeness (QED) is 0.936. The third-order valence-electron chi connectivity index (χ3n) is 3.52. The second-order valence-electron chi connectivity index (χ2n) is 5.00. The zero-order valence-electron chi connectivity index (χ0n) is 12.6. The van der Waals surface area contributed by atoms with Crippen LogP contribution in [0.1, 0.15) is 28.4 Å². The number of methoxy groups -OCH3 is 2. The molecule has 1 atom stereocenters. The summed E-state index contributed by atoms with van der Waals surface area (Å²) in [6.07, 6.45) is -0.866. The average Bonchev–Trinajstić information content (AvgIpc) is 2.45. The number of aliphatic hydroxyl groups is 1. The summed E-state index contributed by atoms with van der Waals surface area (Å²) in [6, 6.07) is 8.07. The number of hydrogen-bond acceptors (Lipinski definition) is 3. The Balaban J connectivity index is 2.52. The Hall–Kier alpha value is -2.07. The molecule has 0 aromatic heterocycles. The van der Waals surface area contributed by atoms with Crippen LogP contribution in [0.2, 0.25) is 0 Å². The van der Waals surface area contributed by atoms with Crippen LogP contribution in [0.4, 0.5) is 4.39 Å². The fourth-order valence-electron chi connectivity index (χ4n) is 2.51. The molecule has 21 heavy (non-hydrogen) atoms. The minimum atomic E-state index is -0.866. The van der Waals surface area contributed by atoms with E-state index in [0.717, 1.165) is 0 Å². The van der Waals surface area contributed by atoms with Gasteiger partial charge in [-0.3, -0.25) is 0 Å². The molecule has 0 radical (unpaired) electrons. The molecule has 2 aromatic rings. The van der Waals surface area contributed by atoms with Crippen LogP contribution in [0.25, 0.3) is 0 Å². The topological polar surface area (TPSA) is 38.7 Å². The van der Waals surface area contributed by atoms with Gasteiger partial charge in [-0.15, -0.1) is 0 Å². The third-order valence-corrected chi connectivity index (χ3v) is 3.52. The van der Waals surface area contributed by atoms with Gasteiger partial charge in [-0.25, -0.2) is 4.39 Å². The number of hydrogen-bond donors (Lipinski definition) is 1. The third kappa shape index (κ3) is 3.16. The number of ether oxygens (including phenoxy) is 2. The molecular weight excluding hydrogens is 271 g/mol. The van der Waals surface area contributed by atoms with Crippen molar-refractivity contribution in [1.82, 2.24) is 0 Å². The molecule has 0 fully saturated rings.